The molecule has 0 saturated carbocycles. The molecule has 0 radical (unpaired) electrons. The van der Waals surface area contributed by atoms with E-state index in [1.165, 1.54) is 17.5 Å². The van der Waals surface area contributed by atoms with E-state index in [4.69, 9.17) is 9.47 Å². The quantitative estimate of drug-likeness (QED) is 0.512. The Hall–Kier alpha value is -1.97. The van der Waals surface area contributed by atoms with Gasteiger partial charge in [0.25, 0.3) is 0 Å². The molecular formula is C23H27BrFNO5S. The lowest BCUT2D eigenvalue weighted by Crippen LogP contribution is -2.35. The molecule has 0 fully saturated rings. The Bertz CT molecular complexity index is 1200. The van der Waals surface area contributed by atoms with E-state index in [0.717, 1.165) is 6.26 Å². The normalized spacial score (nSPS) is 14.6. The van der Waals surface area contributed by atoms with Gasteiger partial charge in [-0.1, -0.05) is 28.1 Å². The molecule has 0 aromatic heterocycles. The maximum absolute atomic E-state index is 15.0. The molecule has 6 nitrogen and oxygen atoms in total. The second-order valence-corrected chi connectivity index (χ2v) is 11.6. The number of halogens is 2. The number of anilines is 1. The van der Waals surface area contributed by atoms with Crippen molar-refractivity contribution in [3.63, 3.8) is 0 Å². The summed E-state index contributed by atoms with van der Waals surface area (Å²) in [7, 11) is -2.44. The molecule has 0 aliphatic carbocycles. The smallest absolute Gasteiger partial charge is 0.339 e. The Labute approximate surface area is 196 Å². The summed E-state index contributed by atoms with van der Waals surface area (Å²) in [5.41, 5.74) is 2.61. The molecule has 174 valence electrons. The van der Waals surface area contributed by atoms with Crippen LogP contribution < -0.4 is 4.31 Å². The van der Waals surface area contributed by atoms with Gasteiger partial charge in [-0.15, -0.1) is 0 Å². The van der Waals surface area contributed by atoms with Crippen LogP contribution in [0.2, 0.25) is 0 Å². The third kappa shape index (κ3) is 4.30. The van der Waals surface area contributed by atoms with Crippen LogP contribution in [0.5, 0.6) is 0 Å². The molecule has 1 heterocycles. The van der Waals surface area contributed by atoms with Crippen LogP contribution in [0.3, 0.4) is 0 Å². The fourth-order valence-electron chi connectivity index (χ4n) is 4.08. The summed E-state index contributed by atoms with van der Waals surface area (Å²) < 4.78 is 53.4. The first-order chi connectivity index (χ1) is 14.7. The lowest BCUT2D eigenvalue weighted by Gasteiger charge is -2.36. The Morgan fingerprint density at radius 3 is 2.34 bits per heavy atom. The van der Waals surface area contributed by atoms with Gasteiger partial charge in [-0.25, -0.2) is 17.6 Å². The molecule has 0 amide bonds. The Morgan fingerprint density at radius 2 is 1.81 bits per heavy atom. The van der Waals surface area contributed by atoms with Crippen LogP contribution in [-0.4, -0.2) is 33.4 Å². The SMILES string of the molecule is COC(=O)[C@@H](OC(C)(C)C)c1c(C)c2c(c(C)c1Br)-c1c(F)cccc1CN2S(C)(=O)=O. The van der Waals surface area contributed by atoms with Crippen molar-refractivity contribution in [2.45, 2.75) is 52.9 Å². The van der Waals surface area contributed by atoms with Gasteiger partial charge in [0.1, 0.15) is 5.82 Å². The van der Waals surface area contributed by atoms with E-state index in [0.29, 0.717) is 43.5 Å². The molecule has 0 N–H and O–H groups in total. The van der Waals surface area contributed by atoms with Crippen LogP contribution in [0.15, 0.2) is 22.7 Å². The zero-order chi connectivity index (χ0) is 24.2. The van der Waals surface area contributed by atoms with E-state index in [2.05, 4.69) is 15.9 Å². The van der Waals surface area contributed by atoms with Gasteiger partial charge in [-0.2, -0.15) is 0 Å². The van der Waals surface area contributed by atoms with Crippen molar-refractivity contribution in [3.8, 4) is 11.1 Å². The predicted molar refractivity (Wildman–Crippen MR) is 126 cm³/mol. The van der Waals surface area contributed by atoms with Crippen molar-refractivity contribution in [1.29, 1.82) is 0 Å². The van der Waals surface area contributed by atoms with Gasteiger partial charge >= 0.3 is 5.97 Å². The molecule has 0 saturated heterocycles. The number of fused-ring (bicyclic) bond motifs is 3. The molecule has 1 aliphatic rings. The number of methoxy groups -OCH3 is 1. The second-order valence-electron chi connectivity index (χ2n) is 8.88. The fraction of sp³-hybridized carbons (Fsp3) is 0.435. The van der Waals surface area contributed by atoms with Gasteiger partial charge in [-0.05, 0) is 57.4 Å². The maximum atomic E-state index is 15.0. The predicted octanol–water partition coefficient (Wildman–Crippen LogP) is 5.18. The number of esters is 1. The minimum absolute atomic E-state index is 0.0106. The largest absolute Gasteiger partial charge is 0.467 e. The van der Waals surface area contributed by atoms with Gasteiger partial charge < -0.3 is 9.47 Å². The Balaban J connectivity index is 2.46. The molecular weight excluding hydrogens is 501 g/mol. The van der Waals surface area contributed by atoms with E-state index in [9.17, 15) is 17.6 Å². The van der Waals surface area contributed by atoms with Crippen LogP contribution >= 0.6 is 15.9 Å². The second kappa shape index (κ2) is 8.43. The van der Waals surface area contributed by atoms with Crippen molar-refractivity contribution >= 4 is 37.6 Å². The van der Waals surface area contributed by atoms with Crippen molar-refractivity contribution < 1.29 is 27.1 Å². The number of sulfonamides is 1. The summed E-state index contributed by atoms with van der Waals surface area (Å²) in [6.45, 7) is 8.90. The van der Waals surface area contributed by atoms with Crippen LogP contribution in [-0.2, 0) is 30.8 Å². The van der Waals surface area contributed by atoms with Gasteiger partial charge in [0, 0.05) is 21.2 Å². The summed E-state index contributed by atoms with van der Waals surface area (Å²) in [5, 5.41) is 0. The van der Waals surface area contributed by atoms with E-state index >= 15 is 0 Å². The molecule has 0 unspecified atom stereocenters. The van der Waals surface area contributed by atoms with Gasteiger partial charge in [0.2, 0.25) is 10.0 Å². The highest BCUT2D eigenvalue weighted by atomic mass is 79.9. The lowest BCUT2D eigenvalue weighted by molar-refractivity contribution is -0.164. The van der Waals surface area contributed by atoms with Gasteiger partial charge in [0.05, 0.1) is 31.2 Å². The first-order valence-corrected chi connectivity index (χ1v) is 12.7. The number of hydrogen-bond acceptors (Lipinski definition) is 5. The van der Waals surface area contributed by atoms with Crippen LogP contribution in [0.1, 0.15) is 49.1 Å². The third-order valence-electron chi connectivity index (χ3n) is 5.40. The highest BCUT2D eigenvalue weighted by Gasteiger charge is 2.38. The van der Waals surface area contributed by atoms with E-state index in [1.807, 2.05) is 20.8 Å². The minimum atomic E-state index is -3.71. The van der Waals surface area contributed by atoms with E-state index in [-0.39, 0.29) is 6.54 Å². The minimum Gasteiger partial charge on any atom is -0.467 e. The van der Waals surface area contributed by atoms with Crippen molar-refractivity contribution in [2.24, 2.45) is 0 Å². The molecule has 2 aromatic rings. The average Bonchev–Trinajstić information content (AvgIpc) is 2.68. The monoisotopic (exact) mass is 527 g/mol. The molecule has 9 heteroatoms. The molecule has 0 spiro atoms. The Morgan fingerprint density at radius 1 is 1.19 bits per heavy atom. The van der Waals surface area contributed by atoms with Gasteiger partial charge in [0.15, 0.2) is 6.10 Å². The summed E-state index contributed by atoms with van der Waals surface area (Å²) >= 11 is 3.58. The number of carbonyl (C=O) groups excluding carboxylic acids is 1. The molecule has 3 rings (SSSR count). The van der Waals surface area contributed by atoms with E-state index < -0.39 is 33.5 Å². The van der Waals surface area contributed by atoms with Crippen molar-refractivity contribution in [2.75, 3.05) is 17.7 Å². The molecule has 2 aromatic carbocycles. The maximum Gasteiger partial charge on any atom is 0.339 e. The Kier molecular flexibility index (Phi) is 6.49. The molecule has 1 aliphatic heterocycles. The highest BCUT2D eigenvalue weighted by molar-refractivity contribution is 9.10. The number of rotatable bonds is 4. The standard InChI is InChI=1S/C23H27BrFNO5S/c1-12-16-18-14(9-8-10-15(18)25)11-26(32(7,28)29)20(16)13(2)17(19(12)24)21(22(27)30-6)31-23(3,4)5/h8-10,21H,11H2,1-7H3/t21-/m0/s1. The summed E-state index contributed by atoms with van der Waals surface area (Å²) in [5.74, 6) is -1.05. The molecule has 1 atom stereocenters. The fourth-order valence-corrected chi connectivity index (χ4v) is 5.72. The number of hydrogen-bond donors (Lipinski definition) is 0. The average molecular weight is 528 g/mol. The van der Waals surface area contributed by atoms with Crippen molar-refractivity contribution in [1.82, 2.24) is 0 Å². The third-order valence-corrected chi connectivity index (χ3v) is 7.53. The van der Waals surface area contributed by atoms with Gasteiger partial charge in [-0.3, -0.25) is 4.31 Å². The van der Waals surface area contributed by atoms with E-state index in [1.54, 1.807) is 26.0 Å². The first-order valence-electron chi connectivity index (χ1n) is 10.0. The summed E-state index contributed by atoms with van der Waals surface area (Å²) in [6.07, 6.45) is 0.00267. The summed E-state index contributed by atoms with van der Waals surface area (Å²) in [6, 6.07) is 4.64. The van der Waals surface area contributed by atoms with Crippen LogP contribution in [0.4, 0.5) is 10.1 Å². The number of carbonyl (C=O) groups is 1. The number of ether oxygens (including phenoxy) is 2. The lowest BCUT2D eigenvalue weighted by atomic mass is 9.85. The zero-order valence-corrected chi connectivity index (χ0v) is 21.6. The topological polar surface area (TPSA) is 72.9 Å². The zero-order valence-electron chi connectivity index (χ0n) is 19.2. The van der Waals surface area contributed by atoms with Crippen LogP contribution in [0.25, 0.3) is 11.1 Å². The molecule has 0 bridgehead atoms. The number of nitrogens with zero attached hydrogens (tertiary/aromatic N) is 1. The van der Waals surface area contributed by atoms with Crippen LogP contribution in [0, 0.1) is 19.7 Å². The highest BCUT2D eigenvalue weighted by Crippen LogP contribution is 2.51. The summed E-state index contributed by atoms with van der Waals surface area (Å²) in [4.78, 5) is 12.7. The van der Waals surface area contributed by atoms with Crippen molar-refractivity contribution in [3.05, 3.63) is 50.7 Å². The molecule has 32 heavy (non-hydrogen) atoms. The number of benzene rings is 2. The first kappa shape index (κ1) is 24.7.